The van der Waals surface area contributed by atoms with Gasteiger partial charge in [0.1, 0.15) is 0 Å². The minimum atomic E-state index is -1.90. The Morgan fingerprint density at radius 1 is 1.09 bits per heavy atom. The lowest BCUT2D eigenvalue weighted by molar-refractivity contribution is 0.00412. The van der Waals surface area contributed by atoms with Crippen LogP contribution < -0.4 is 0 Å². The normalized spacial score (nSPS) is 20.7. The molecule has 0 saturated carbocycles. The van der Waals surface area contributed by atoms with Gasteiger partial charge in [0.05, 0.1) is 11.7 Å². The fraction of sp³-hybridized carbons (Fsp3) is 0.889. The summed E-state index contributed by atoms with van der Waals surface area (Å²) >= 11 is 0. The van der Waals surface area contributed by atoms with Crippen LogP contribution in [0.5, 0.6) is 0 Å². The Morgan fingerprint density at radius 2 is 1.59 bits per heavy atom. The monoisotopic (exact) mass is 330 g/mol. The first-order valence-corrected chi connectivity index (χ1v) is 11.3. The molecule has 0 aliphatic rings. The van der Waals surface area contributed by atoms with Crippen LogP contribution in [0.4, 0.5) is 0 Å². The van der Waals surface area contributed by atoms with Crippen molar-refractivity contribution in [2.24, 2.45) is 11.8 Å². The van der Waals surface area contributed by atoms with Crippen LogP contribution in [0.1, 0.15) is 54.9 Å². The first-order chi connectivity index (χ1) is 9.79. The second kappa shape index (κ2) is 8.09. The first kappa shape index (κ1) is 21.8. The summed E-state index contributed by atoms with van der Waals surface area (Å²) < 4.78 is 6.64. The molecule has 0 heterocycles. The van der Waals surface area contributed by atoms with E-state index < -0.39 is 14.4 Å². The van der Waals surface area contributed by atoms with Gasteiger partial charge in [0.2, 0.25) is 0 Å². The predicted molar refractivity (Wildman–Crippen MR) is 97.5 cm³/mol. The second-order valence-electron chi connectivity index (χ2n) is 8.51. The smallest absolute Gasteiger partial charge is 0.193 e. The molecule has 0 spiro atoms. The third kappa shape index (κ3) is 6.15. The Morgan fingerprint density at radius 3 is 1.95 bits per heavy atom. The van der Waals surface area contributed by atoms with Crippen molar-refractivity contribution in [3.63, 3.8) is 0 Å². The van der Waals surface area contributed by atoms with Gasteiger partial charge < -0.3 is 14.6 Å². The average molecular weight is 331 g/mol. The molecular weight excluding hydrogens is 292 g/mol. The summed E-state index contributed by atoms with van der Waals surface area (Å²) in [5.74, 6) is -0.0501. The zero-order chi connectivity index (χ0) is 17.8. The molecule has 22 heavy (non-hydrogen) atoms. The topological polar surface area (TPSA) is 49.7 Å². The molecule has 2 N–H and O–H groups in total. The van der Waals surface area contributed by atoms with E-state index in [1.807, 2.05) is 26.8 Å². The van der Waals surface area contributed by atoms with E-state index in [9.17, 15) is 10.2 Å². The van der Waals surface area contributed by atoms with Crippen molar-refractivity contribution in [3.8, 4) is 0 Å². The van der Waals surface area contributed by atoms with Crippen LogP contribution in [0.15, 0.2) is 12.2 Å². The molecule has 1 unspecified atom stereocenters. The lowest BCUT2D eigenvalue weighted by Gasteiger charge is -2.44. The van der Waals surface area contributed by atoms with Crippen LogP contribution in [-0.2, 0) is 4.43 Å². The molecule has 0 aromatic heterocycles. The molecule has 0 amide bonds. The van der Waals surface area contributed by atoms with E-state index in [0.717, 1.165) is 6.42 Å². The summed E-state index contributed by atoms with van der Waals surface area (Å²) in [5, 5.41) is 19.7. The van der Waals surface area contributed by atoms with Crippen molar-refractivity contribution in [1.29, 1.82) is 0 Å². The largest absolute Gasteiger partial charge is 0.408 e. The molecule has 0 rings (SSSR count). The maximum absolute atomic E-state index is 10.3. The highest BCUT2D eigenvalue weighted by Crippen LogP contribution is 2.41. The quantitative estimate of drug-likeness (QED) is 0.513. The highest BCUT2D eigenvalue weighted by molar-refractivity contribution is 6.74. The lowest BCUT2D eigenvalue weighted by Crippen LogP contribution is -2.49. The number of aliphatic hydroxyl groups is 2. The Hall–Kier alpha value is -0.163. The summed E-state index contributed by atoms with van der Waals surface area (Å²) in [4.78, 5) is 0. The maximum atomic E-state index is 10.3. The van der Waals surface area contributed by atoms with Gasteiger partial charge in [0.15, 0.2) is 8.32 Å². The van der Waals surface area contributed by atoms with E-state index in [0.29, 0.717) is 0 Å². The van der Waals surface area contributed by atoms with Crippen LogP contribution in [0.3, 0.4) is 0 Å². The molecule has 3 nitrogen and oxygen atoms in total. The molecule has 0 aliphatic carbocycles. The maximum Gasteiger partial charge on any atom is 0.193 e. The van der Waals surface area contributed by atoms with Gasteiger partial charge in [-0.2, -0.15) is 0 Å². The molecule has 0 aliphatic heterocycles. The zero-order valence-corrected chi connectivity index (χ0v) is 17.1. The van der Waals surface area contributed by atoms with Gasteiger partial charge in [-0.25, -0.2) is 0 Å². The van der Waals surface area contributed by atoms with Crippen molar-refractivity contribution >= 4 is 8.32 Å². The third-order valence-corrected chi connectivity index (χ3v) is 9.58. The van der Waals surface area contributed by atoms with Crippen molar-refractivity contribution in [2.75, 3.05) is 6.61 Å². The Bertz CT molecular complexity index is 360. The SMILES string of the molecule is CC=C[C@](C)(C[C@@H](C)[C@H](O)C(C)CO)O[Si](C)(C)C(C)(C)C. The molecule has 0 fully saturated rings. The standard InChI is InChI=1S/C18H38O3Si/c1-10-11-18(7,21-22(8,9)17(4,5)6)12-14(2)16(20)15(3)13-19/h10-11,14-16,19-20H,12-13H2,1-9H3/t14-,15?,16+,18-/m1/s1. The predicted octanol–water partition coefficient (Wildman–Crippen LogP) is 4.36. The van der Waals surface area contributed by atoms with Gasteiger partial charge in [0, 0.05) is 12.5 Å². The van der Waals surface area contributed by atoms with Crippen LogP contribution in [0.25, 0.3) is 0 Å². The lowest BCUT2D eigenvalue weighted by atomic mass is 9.85. The average Bonchev–Trinajstić information content (AvgIpc) is 2.34. The summed E-state index contributed by atoms with van der Waals surface area (Å²) in [6.07, 6.45) is 4.37. The molecular formula is C18H38O3Si. The van der Waals surface area contributed by atoms with Gasteiger partial charge >= 0.3 is 0 Å². The van der Waals surface area contributed by atoms with Crippen molar-refractivity contribution < 1.29 is 14.6 Å². The number of allylic oxidation sites excluding steroid dienone is 1. The third-order valence-electron chi connectivity index (χ3n) is 5.00. The molecule has 0 aromatic carbocycles. The van der Waals surface area contributed by atoms with E-state index in [4.69, 9.17) is 4.43 Å². The van der Waals surface area contributed by atoms with E-state index in [2.05, 4.69) is 46.9 Å². The fourth-order valence-electron chi connectivity index (χ4n) is 2.66. The molecule has 0 aromatic rings. The highest BCUT2D eigenvalue weighted by atomic mass is 28.4. The molecule has 132 valence electrons. The minimum Gasteiger partial charge on any atom is -0.408 e. The Labute approximate surface area is 138 Å². The van der Waals surface area contributed by atoms with Crippen LogP contribution in [0.2, 0.25) is 18.1 Å². The van der Waals surface area contributed by atoms with Gasteiger partial charge in [0.25, 0.3) is 0 Å². The first-order valence-electron chi connectivity index (χ1n) is 8.42. The number of rotatable bonds is 8. The highest BCUT2D eigenvalue weighted by Gasteiger charge is 2.43. The van der Waals surface area contributed by atoms with Crippen LogP contribution in [0, 0.1) is 11.8 Å². The van der Waals surface area contributed by atoms with Crippen LogP contribution >= 0.6 is 0 Å². The van der Waals surface area contributed by atoms with Gasteiger partial charge in [-0.05, 0) is 44.3 Å². The van der Waals surface area contributed by atoms with Crippen LogP contribution in [-0.4, -0.2) is 36.8 Å². The van der Waals surface area contributed by atoms with E-state index in [1.165, 1.54) is 0 Å². The summed E-state index contributed by atoms with van der Waals surface area (Å²) in [6.45, 7) is 19.3. The summed E-state index contributed by atoms with van der Waals surface area (Å²) in [6, 6.07) is 0. The molecule has 0 radical (unpaired) electrons. The summed E-state index contributed by atoms with van der Waals surface area (Å²) in [7, 11) is -1.90. The minimum absolute atomic E-state index is 0.00886. The van der Waals surface area contributed by atoms with E-state index in [-0.39, 0.29) is 29.1 Å². The molecule has 4 heteroatoms. The second-order valence-corrected chi connectivity index (χ2v) is 13.2. The molecule has 0 bridgehead atoms. The molecule has 0 saturated heterocycles. The van der Waals surface area contributed by atoms with Gasteiger partial charge in [-0.3, -0.25) is 0 Å². The fourth-order valence-corrected chi connectivity index (χ4v) is 4.28. The number of hydrogen-bond acceptors (Lipinski definition) is 3. The number of hydrogen-bond donors (Lipinski definition) is 2. The Balaban J connectivity index is 5.20. The Kier molecular flexibility index (Phi) is 8.03. The van der Waals surface area contributed by atoms with E-state index >= 15 is 0 Å². The van der Waals surface area contributed by atoms with Crippen molar-refractivity contribution in [3.05, 3.63) is 12.2 Å². The van der Waals surface area contributed by atoms with Gasteiger partial charge in [-0.15, -0.1) is 0 Å². The van der Waals surface area contributed by atoms with E-state index in [1.54, 1.807) is 0 Å². The summed E-state index contributed by atoms with van der Waals surface area (Å²) in [5.41, 5.74) is -0.382. The van der Waals surface area contributed by atoms with Crippen molar-refractivity contribution in [1.82, 2.24) is 0 Å². The zero-order valence-electron chi connectivity index (χ0n) is 16.1. The number of aliphatic hydroxyl groups excluding tert-OH is 2. The molecule has 4 atom stereocenters. The van der Waals surface area contributed by atoms with Crippen molar-refractivity contribution in [2.45, 2.75) is 84.7 Å². The van der Waals surface area contributed by atoms with Gasteiger partial charge in [-0.1, -0.05) is 46.8 Å².